The Morgan fingerprint density at radius 3 is 2.47 bits per heavy atom. The maximum atomic E-state index is 5.77. The minimum absolute atomic E-state index is 0.127. The lowest BCUT2D eigenvalue weighted by Crippen LogP contribution is -2.36. The molecule has 2 atom stereocenters. The molecule has 0 aliphatic rings. The van der Waals surface area contributed by atoms with E-state index in [0.29, 0.717) is 6.04 Å². The van der Waals surface area contributed by atoms with E-state index in [0.717, 1.165) is 11.5 Å². The highest BCUT2D eigenvalue weighted by molar-refractivity contribution is 5.32. The molecule has 0 bridgehead atoms. The summed E-state index contributed by atoms with van der Waals surface area (Å²) in [6.07, 6.45) is 0.127. The van der Waals surface area contributed by atoms with Crippen LogP contribution in [0.3, 0.4) is 0 Å². The Balaban J connectivity index is 2.63. The maximum Gasteiger partial charge on any atom is 0.123 e. The van der Waals surface area contributed by atoms with Gasteiger partial charge in [-0.2, -0.15) is 0 Å². The largest absolute Gasteiger partial charge is 0.497 e. The van der Waals surface area contributed by atoms with E-state index in [9.17, 15) is 0 Å². The van der Waals surface area contributed by atoms with E-state index < -0.39 is 0 Å². The molecule has 0 fully saturated rings. The first-order valence-electron chi connectivity index (χ1n) is 5.15. The van der Waals surface area contributed by atoms with E-state index in [1.165, 1.54) is 0 Å². The second kappa shape index (κ2) is 5.61. The van der Waals surface area contributed by atoms with Gasteiger partial charge >= 0.3 is 0 Å². The number of ether oxygens (including phenoxy) is 2. The number of benzene rings is 1. The maximum absolute atomic E-state index is 5.77. The molecule has 15 heavy (non-hydrogen) atoms. The zero-order chi connectivity index (χ0) is 11.3. The Morgan fingerprint density at radius 1 is 1.20 bits per heavy atom. The van der Waals surface area contributed by atoms with Gasteiger partial charge in [-0.1, -0.05) is 6.07 Å². The molecule has 0 amide bonds. The van der Waals surface area contributed by atoms with Crippen molar-refractivity contribution in [3.05, 3.63) is 24.3 Å². The van der Waals surface area contributed by atoms with E-state index >= 15 is 0 Å². The van der Waals surface area contributed by atoms with Crippen LogP contribution in [-0.2, 0) is 0 Å². The van der Waals surface area contributed by atoms with Crippen LogP contribution in [0.1, 0.15) is 13.8 Å². The smallest absolute Gasteiger partial charge is 0.123 e. The first-order chi connectivity index (χ1) is 7.17. The lowest BCUT2D eigenvalue weighted by Gasteiger charge is -2.21. The summed E-state index contributed by atoms with van der Waals surface area (Å²) in [6, 6.07) is 7.96. The van der Waals surface area contributed by atoms with Crippen LogP contribution in [0.5, 0.6) is 11.5 Å². The molecule has 1 aromatic rings. The van der Waals surface area contributed by atoms with Crippen molar-refractivity contribution in [2.24, 2.45) is 0 Å². The summed E-state index contributed by atoms with van der Waals surface area (Å²) in [4.78, 5) is 0. The minimum Gasteiger partial charge on any atom is -0.497 e. The topological polar surface area (TPSA) is 30.5 Å². The first kappa shape index (κ1) is 11.9. The van der Waals surface area contributed by atoms with E-state index in [4.69, 9.17) is 9.47 Å². The van der Waals surface area contributed by atoms with Crippen LogP contribution in [0.15, 0.2) is 24.3 Å². The molecule has 84 valence electrons. The molecule has 0 radical (unpaired) electrons. The molecule has 0 heterocycles. The predicted octanol–water partition coefficient (Wildman–Crippen LogP) is 2.07. The highest BCUT2D eigenvalue weighted by Crippen LogP contribution is 2.20. The second-order valence-electron chi connectivity index (χ2n) is 3.58. The van der Waals surface area contributed by atoms with Crippen LogP contribution in [0.2, 0.25) is 0 Å². The fraction of sp³-hybridized carbons (Fsp3) is 0.500. The average molecular weight is 209 g/mol. The summed E-state index contributed by atoms with van der Waals surface area (Å²) < 4.78 is 10.9. The van der Waals surface area contributed by atoms with Gasteiger partial charge in [-0.3, -0.25) is 0 Å². The van der Waals surface area contributed by atoms with E-state index in [-0.39, 0.29) is 6.10 Å². The van der Waals surface area contributed by atoms with Crippen LogP contribution < -0.4 is 14.8 Å². The molecule has 1 N–H and O–H groups in total. The van der Waals surface area contributed by atoms with Gasteiger partial charge in [0.25, 0.3) is 0 Å². The molecular formula is C12H19NO2. The van der Waals surface area contributed by atoms with Crippen LogP contribution in [0.25, 0.3) is 0 Å². The first-order valence-corrected chi connectivity index (χ1v) is 5.15. The standard InChI is InChI=1S/C12H19NO2/c1-9(13-3)10(2)15-12-7-5-6-11(8-12)14-4/h5-10,13H,1-4H3. The van der Waals surface area contributed by atoms with Gasteiger partial charge in [0.05, 0.1) is 7.11 Å². The third-order valence-corrected chi connectivity index (χ3v) is 2.52. The van der Waals surface area contributed by atoms with Crippen LogP contribution >= 0.6 is 0 Å². The predicted molar refractivity (Wildman–Crippen MR) is 61.6 cm³/mol. The number of hydrogen-bond acceptors (Lipinski definition) is 3. The van der Waals surface area contributed by atoms with Gasteiger partial charge < -0.3 is 14.8 Å². The van der Waals surface area contributed by atoms with Gasteiger partial charge in [0.1, 0.15) is 17.6 Å². The molecule has 0 spiro atoms. The van der Waals surface area contributed by atoms with Gasteiger partial charge in [-0.15, -0.1) is 0 Å². The highest BCUT2D eigenvalue weighted by Gasteiger charge is 2.11. The second-order valence-corrected chi connectivity index (χ2v) is 3.58. The van der Waals surface area contributed by atoms with Gasteiger partial charge in [-0.25, -0.2) is 0 Å². The Morgan fingerprint density at radius 2 is 1.87 bits per heavy atom. The molecule has 1 rings (SSSR count). The quantitative estimate of drug-likeness (QED) is 0.805. The molecule has 1 aromatic carbocycles. The number of likely N-dealkylation sites (N-methyl/N-ethyl adjacent to an activating group) is 1. The lowest BCUT2D eigenvalue weighted by molar-refractivity contribution is 0.182. The van der Waals surface area contributed by atoms with Crippen molar-refractivity contribution in [1.29, 1.82) is 0 Å². The highest BCUT2D eigenvalue weighted by atomic mass is 16.5. The van der Waals surface area contributed by atoms with Crippen LogP contribution in [-0.4, -0.2) is 26.3 Å². The molecule has 0 aliphatic carbocycles. The summed E-state index contributed by atoms with van der Waals surface area (Å²) in [5, 5.41) is 3.16. The van der Waals surface area contributed by atoms with Gasteiger partial charge in [0.15, 0.2) is 0 Å². The molecule has 0 saturated carbocycles. The van der Waals surface area contributed by atoms with Crippen LogP contribution in [0.4, 0.5) is 0 Å². The summed E-state index contributed by atoms with van der Waals surface area (Å²) in [5.41, 5.74) is 0. The van der Waals surface area contributed by atoms with Gasteiger partial charge in [0.2, 0.25) is 0 Å². The SMILES string of the molecule is CNC(C)C(C)Oc1cccc(OC)c1. The molecule has 0 saturated heterocycles. The van der Waals surface area contributed by atoms with E-state index in [1.54, 1.807) is 7.11 Å². The summed E-state index contributed by atoms with van der Waals surface area (Å²) >= 11 is 0. The third-order valence-electron chi connectivity index (χ3n) is 2.52. The van der Waals surface area contributed by atoms with E-state index in [2.05, 4.69) is 12.2 Å². The fourth-order valence-corrected chi connectivity index (χ4v) is 1.23. The Kier molecular flexibility index (Phi) is 4.43. The van der Waals surface area contributed by atoms with Gasteiger partial charge in [0, 0.05) is 12.1 Å². The number of nitrogens with one attached hydrogen (secondary N) is 1. The van der Waals surface area contributed by atoms with Crippen molar-refractivity contribution in [3.63, 3.8) is 0 Å². The summed E-state index contributed by atoms with van der Waals surface area (Å²) in [6.45, 7) is 4.13. The van der Waals surface area contributed by atoms with Crippen molar-refractivity contribution >= 4 is 0 Å². The number of methoxy groups -OCH3 is 1. The van der Waals surface area contributed by atoms with Crippen molar-refractivity contribution < 1.29 is 9.47 Å². The number of rotatable bonds is 5. The van der Waals surface area contributed by atoms with E-state index in [1.807, 2.05) is 38.2 Å². The minimum atomic E-state index is 0.127. The lowest BCUT2D eigenvalue weighted by atomic mass is 10.2. The average Bonchev–Trinajstić information content (AvgIpc) is 2.28. The monoisotopic (exact) mass is 209 g/mol. The molecule has 2 unspecified atom stereocenters. The number of hydrogen-bond donors (Lipinski definition) is 1. The van der Waals surface area contributed by atoms with Crippen LogP contribution in [0, 0.1) is 0 Å². The van der Waals surface area contributed by atoms with Crippen molar-refractivity contribution in [1.82, 2.24) is 5.32 Å². The molecule has 3 heteroatoms. The summed E-state index contributed by atoms with van der Waals surface area (Å²) in [5.74, 6) is 1.65. The zero-order valence-corrected chi connectivity index (χ0v) is 9.78. The molecule has 0 aliphatic heterocycles. The molecular weight excluding hydrogens is 190 g/mol. The Bertz CT molecular complexity index is 301. The normalized spacial score (nSPS) is 14.4. The van der Waals surface area contributed by atoms with Crippen molar-refractivity contribution in [2.75, 3.05) is 14.2 Å². The van der Waals surface area contributed by atoms with Crippen molar-refractivity contribution in [3.8, 4) is 11.5 Å². The third kappa shape index (κ3) is 3.44. The Hall–Kier alpha value is -1.22. The zero-order valence-electron chi connectivity index (χ0n) is 9.78. The van der Waals surface area contributed by atoms with Gasteiger partial charge in [-0.05, 0) is 33.0 Å². The van der Waals surface area contributed by atoms with Crippen molar-refractivity contribution in [2.45, 2.75) is 26.0 Å². The summed E-state index contributed by atoms with van der Waals surface area (Å²) in [7, 11) is 3.58. The molecule has 0 aromatic heterocycles. The fourth-order valence-electron chi connectivity index (χ4n) is 1.23. The molecule has 3 nitrogen and oxygen atoms in total. The Labute approximate surface area is 91.4 Å².